The molecule has 0 saturated heterocycles. The average Bonchev–Trinajstić information content (AvgIpc) is 2.56. The molecule has 2 aromatic rings. The standard InChI is InChI=1S/C17H17N3O2/c1-22-16-8-6-14(7-9-16)19-11-10-17(21)20-15-4-2-13(12-18)3-5-15/h2-9,19H,10-11H2,1H3,(H,20,21). The monoisotopic (exact) mass is 295 g/mol. The van der Waals surface area contributed by atoms with Crippen LogP contribution in [0.2, 0.25) is 0 Å². The number of nitrogens with one attached hydrogen (secondary N) is 2. The first-order valence-corrected chi connectivity index (χ1v) is 6.89. The van der Waals surface area contributed by atoms with Crippen molar-refractivity contribution >= 4 is 17.3 Å². The lowest BCUT2D eigenvalue weighted by Gasteiger charge is -2.08. The van der Waals surface area contributed by atoms with Crippen molar-refractivity contribution in [2.24, 2.45) is 0 Å². The van der Waals surface area contributed by atoms with Gasteiger partial charge in [0.1, 0.15) is 5.75 Å². The third-order valence-electron chi connectivity index (χ3n) is 3.07. The Morgan fingerprint density at radius 2 is 1.73 bits per heavy atom. The normalized spacial score (nSPS) is 9.64. The van der Waals surface area contributed by atoms with Gasteiger partial charge >= 0.3 is 0 Å². The van der Waals surface area contributed by atoms with Gasteiger partial charge in [-0.1, -0.05) is 0 Å². The first-order valence-electron chi connectivity index (χ1n) is 6.89. The van der Waals surface area contributed by atoms with Crippen LogP contribution >= 0.6 is 0 Å². The van der Waals surface area contributed by atoms with E-state index in [9.17, 15) is 4.79 Å². The van der Waals surface area contributed by atoms with Crippen LogP contribution in [-0.2, 0) is 4.79 Å². The van der Waals surface area contributed by atoms with Crippen molar-refractivity contribution in [2.45, 2.75) is 6.42 Å². The molecule has 1 amide bonds. The molecule has 0 spiro atoms. The summed E-state index contributed by atoms with van der Waals surface area (Å²) in [5, 5.41) is 14.7. The maximum atomic E-state index is 11.8. The molecule has 0 aromatic heterocycles. The molecule has 112 valence electrons. The maximum Gasteiger partial charge on any atom is 0.226 e. The van der Waals surface area contributed by atoms with Crippen molar-refractivity contribution in [2.75, 3.05) is 24.3 Å². The fourth-order valence-electron chi connectivity index (χ4n) is 1.88. The molecule has 2 rings (SSSR count). The summed E-state index contributed by atoms with van der Waals surface area (Å²) in [6.45, 7) is 0.536. The number of nitrogens with zero attached hydrogens (tertiary/aromatic N) is 1. The zero-order chi connectivity index (χ0) is 15.8. The van der Waals surface area contributed by atoms with Crippen LogP contribution < -0.4 is 15.4 Å². The fraction of sp³-hybridized carbons (Fsp3) is 0.176. The highest BCUT2D eigenvalue weighted by atomic mass is 16.5. The molecule has 0 aliphatic rings. The third kappa shape index (κ3) is 4.53. The summed E-state index contributed by atoms with van der Waals surface area (Å²) in [7, 11) is 1.62. The highest BCUT2D eigenvalue weighted by Crippen LogP contribution is 2.15. The smallest absolute Gasteiger partial charge is 0.226 e. The lowest BCUT2D eigenvalue weighted by atomic mass is 10.2. The van der Waals surface area contributed by atoms with Crippen LogP contribution in [0, 0.1) is 11.3 Å². The van der Waals surface area contributed by atoms with E-state index in [1.807, 2.05) is 30.3 Å². The highest BCUT2D eigenvalue weighted by molar-refractivity contribution is 5.91. The Kier molecular flexibility index (Phi) is 5.38. The van der Waals surface area contributed by atoms with E-state index in [-0.39, 0.29) is 5.91 Å². The molecule has 0 aliphatic heterocycles. The topological polar surface area (TPSA) is 74.2 Å². The number of benzene rings is 2. The molecule has 0 fully saturated rings. The van der Waals surface area contributed by atoms with Crippen LogP contribution in [0.25, 0.3) is 0 Å². The summed E-state index contributed by atoms with van der Waals surface area (Å²) in [6.07, 6.45) is 0.353. The number of carbonyl (C=O) groups excluding carboxylic acids is 1. The van der Waals surface area contributed by atoms with E-state index in [0.717, 1.165) is 11.4 Å². The Bertz CT molecular complexity index is 658. The SMILES string of the molecule is COc1ccc(NCCC(=O)Nc2ccc(C#N)cc2)cc1. The summed E-state index contributed by atoms with van der Waals surface area (Å²) in [5.41, 5.74) is 2.19. The zero-order valence-corrected chi connectivity index (χ0v) is 12.3. The minimum Gasteiger partial charge on any atom is -0.497 e. The first kappa shape index (κ1) is 15.4. The second-order valence-electron chi connectivity index (χ2n) is 4.64. The number of hydrogen-bond acceptors (Lipinski definition) is 4. The van der Waals surface area contributed by atoms with E-state index >= 15 is 0 Å². The van der Waals surface area contributed by atoms with Gasteiger partial charge in [0.25, 0.3) is 0 Å². The molecule has 0 bridgehead atoms. The zero-order valence-electron chi connectivity index (χ0n) is 12.3. The number of hydrogen-bond donors (Lipinski definition) is 2. The Balaban J connectivity index is 1.76. The van der Waals surface area contributed by atoms with Crippen LogP contribution in [0.15, 0.2) is 48.5 Å². The predicted octanol–water partition coefficient (Wildman–Crippen LogP) is 3.01. The molecule has 2 aromatic carbocycles. The largest absolute Gasteiger partial charge is 0.497 e. The van der Waals surface area contributed by atoms with Crippen molar-refractivity contribution in [3.8, 4) is 11.8 Å². The van der Waals surface area contributed by atoms with Gasteiger partial charge in [-0.25, -0.2) is 0 Å². The van der Waals surface area contributed by atoms with E-state index in [1.54, 1.807) is 31.4 Å². The number of carbonyl (C=O) groups is 1. The van der Waals surface area contributed by atoms with E-state index in [0.29, 0.717) is 24.2 Å². The Labute approximate surface area is 129 Å². The third-order valence-corrected chi connectivity index (χ3v) is 3.07. The van der Waals surface area contributed by atoms with Gasteiger partial charge in [0.05, 0.1) is 18.7 Å². The molecule has 22 heavy (non-hydrogen) atoms. The molecule has 0 radical (unpaired) electrons. The van der Waals surface area contributed by atoms with E-state index in [2.05, 4.69) is 10.6 Å². The number of nitriles is 1. The Hall–Kier alpha value is -3.00. The lowest BCUT2D eigenvalue weighted by molar-refractivity contribution is -0.115. The number of rotatable bonds is 6. The van der Waals surface area contributed by atoms with Crippen molar-refractivity contribution in [1.29, 1.82) is 5.26 Å². The number of ether oxygens (including phenoxy) is 1. The van der Waals surface area contributed by atoms with Crippen LogP contribution in [0.4, 0.5) is 11.4 Å². The second kappa shape index (κ2) is 7.70. The van der Waals surface area contributed by atoms with E-state index in [1.165, 1.54) is 0 Å². The molecular weight excluding hydrogens is 278 g/mol. The first-order chi connectivity index (χ1) is 10.7. The summed E-state index contributed by atoms with van der Waals surface area (Å²) in [5.74, 6) is 0.717. The number of anilines is 2. The summed E-state index contributed by atoms with van der Waals surface area (Å²) >= 11 is 0. The molecular formula is C17H17N3O2. The van der Waals surface area contributed by atoms with Crippen molar-refractivity contribution in [1.82, 2.24) is 0 Å². The highest BCUT2D eigenvalue weighted by Gasteiger charge is 2.02. The predicted molar refractivity (Wildman–Crippen MR) is 85.9 cm³/mol. The summed E-state index contributed by atoms with van der Waals surface area (Å²) in [4.78, 5) is 11.8. The van der Waals surface area contributed by atoms with Crippen molar-refractivity contribution < 1.29 is 9.53 Å². The van der Waals surface area contributed by atoms with Gasteiger partial charge in [0.2, 0.25) is 5.91 Å². The average molecular weight is 295 g/mol. The van der Waals surface area contributed by atoms with Gasteiger partial charge < -0.3 is 15.4 Å². The van der Waals surface area contributed by atoms with Crippen LogP contribution in [0.1, 0.15) is 12.0 Å². The molecule has 2 N–H and O–H groups in total. The fourth-order valence-corrected chi connectivity index (χ4v) is 1.88. The lowest BCUT2D eigenvalue weighted by Crippen LogP contribution is -2.16. The minimum absolute atomic E-state index is 0.0780. The summed E-state index contributed by atoms with van der Waals surface area (Å²) in [6, 6.07) is 16.3. The molecule has 0 saturated carbocycles. The minimum atomic E-state index is -0.0780. The van der Waals surface area contributed by atoms with Crippen LogP contribution in [-0.4, -0.2) is 19.6 Å². The second-order valence-corrected chi connectivity index (χ2v) is 4.64. The Morgan fingerprint density at radius 3 is 2.32 bits per heavy atom. The van der Waals surface area contributed by atoms with Crippen molar-refractivity contribution in [3.63, 3.8) is 0 Å². The molecule has 0 unspecified atom stereocenters. The molecule has 0 aliphatic carbocycles. The molecule has 0 heterocycles. The van der Waals surface area contributed by atoms with E-state index < -0.39 is 0 Å². The molecule has 5 heteroatoms. The quantitative estimate of drug-likeness (QED) is 0.859. The maximum absolute atomic E-state index is 11.8. The Morgan fingerprint density at radius 1 is 1.09 bits per heavy atom. The van der Waals surface area contributed by atoms with E-state index in [4.69, 9.17) is 10.00 Å². The van der Waals surface area contributed by atoms with Gasteiger partial charge in [0.15, 0.2) is 0 Å². The molecule has 5 nitrogen and oxygen atoms in total. The van der Waals surface area contributed by atoms with Gasteiger partial charge in [0, 0.05) is 24.3 Å². The van der Waals surface area contributed by atoms with Gasteiger partial charge in [-0.15, -0.1) is 0 Å². The summed E-state index contributed by atoms with van der Waals surface area (Å²) < 4.78 is 5.08. The molecule has 0 atom stereocenters. The van der Waals surface area contributed by atoms with Crippen LogP contribution in [0.3, 0.4) is 0 Å². The van der Waals surface area contributed by atoms with Gasteiger partial charge in [-0.2, -0.15) is 5.26 Å². The van der Waals surface area contributed by atoms with Gasteiger partial charge in [-0.05, 0) is 48.5 Å². The van der Waals surface area contributed by atoms with Crippen LogP contribution in [0.5, 0.6) is 5.75 Å². The number of amides is 1. The van der Waals surface area contributed by atoms with Gasteiger partial charge in [-0.3, -0.25) is 4.79 Å². The van der Waals surface area contributed by atoms with Crippen molar-refractivity contribution in [3.05, 3.63) is 54.1 Å². The number of methoxy groups -OCH3 is 1.